The molecule has 7 nitrogen and oxygen atoms in total. The van der Waals surface area contributed by atoms with Crippen molar-refractivity contribution in [3.8, 4) is 0 Å². The highest BCUT2D eigenvalue weighted by Gasteiger charge is 2.25. The van der Waals surface area contributed by atoms with E-state index in [9.17, 15) is 13.0 Å². The number of unbranched alkanes of at least 4 members (excludes halogenated alkanes) is 1. The van der Waals surface area contributed by atoms with E-state index in [4.69, 9.17) is 0 Å². The fourth-order valence-electron chi connectivity index (χ4n) is 4.43. The Labute approximate surface area is 182 Å². The second-order valence-corrected chi connectivity index (χ2v) is 10.9. The maximum absolute atomic E-state index is 10.8. The molecule has 2 aromatic rings. The Morgan fingerprint density at radius 2 is 1.77 bits per heavy atom. The summed E-state index contributed by atoms with van der Waals surface area (Å²) < 4.78 is 34.5. The number of hydrogen-bond donors (Lipinski definition) is 0. The quantitative estimate of drug-likeness (QED) is 0.276. The third kappa shape index (κ3) is 4.73. The van der Waals surface area contributed by atoms with Crippen LogP contribution in [0.3, 0.4) is 0 Å². The Balaban J connectivity index is 1.54. The number of aromatic nitrogens is 1. The minimum Gasteiger partial charge on any atom is -0.748 e. The summed E-state index contributed by atoms with van der Waals surface area (Å²) in [5.41, 5.74) is 6.21. The number of aryl methyl sites for hydroxylation is 3. The van der Waals surface area contributed by atoms with Crippen LogP contribution in [0.1, 0.15) is 47.4 Å². The SMILES string of the molecule is Cc1sc(/N=N/c2cc3c4c(c2)CCCN4CCC3)[n+](CCCCS(=O)(=O)[O-])c1C. The number of thiazole rings is 1. The zero-order chi connectivity index (χ0) is 21.3. The second-order valence-electron chi connectivity index (χ2n) is 8.15. The molecule has 0 unspecified atom stereocenters. The lowest BCUT2D eigenvalue weighted by Gasteiger charge is -2.36. The van der Waals surface area contributed by atoms with Crippen molar-refractivity contribution in [3.63, 3.8) is 0 Å². The molecule has 0 fully saturated rings. The molecule has 9 heteroatoms. The second kappa shape index (κ2) is 8.72. The van der Waals surface area contributed by atoms with Gasteiger partial charge in [-0.1, -0.05) is 0 Å². The molecule has 1 aromatic carbocycles. The minimum atomic E-state index is -4.16. The standard InChI is InChI=1S/C21H28N4O3S2/c1-15-16(2)29-21(25(15)11-3-4-12-30(26,27)28)23-22-19-13-17-7-5-9-24-10-6-8-18(14-19)20(17)24/h13-14H,3-12H2,1-2H3. The van der Waals surface area contributed by atoms with Crippen molar-refractivity contribution in [2.24, 2.45) is 10.2 Å². The molecule has 0 saturated carbocycles. The van der Waals surface area contributed by atoms with Gasteiger partial charge in [0.2, 0.25) is 0 Å². The van der Waals surface area contributed by atoms with Gasteiger partial charge in [-0.05, 0) is 92.1 Å². The molecule has 0 aliphatic carbocycles. The van der Waals surface area contributed by atoms with Gasteiger partial charge in [0, 0.05) is 24.5 Å². The predicted octanol–water partition coefficient (Wildman–Crippen LogP) is 4.09. The number of nitrogens with zero attached hydrogens (tertiary/aromatic N) is 4. The number of benzene rings is 1. The van der Waals surface area contributed by atoms with Gasteiger partial charge in [0.15, 0.2) is 0 Å². The molecule has 0 saturated heterocycles. The first-order chi connectivity index (χ1) is 14.3. The predicted molar refractivity (Wildman–Crippen MR) is 117 cm³/mol. The Hall–Kier alpha value is -1.84. The summed E-state index contributed by atoms with van der Waals surface area (Å²) in [5.74, 6) is -0.318. The Bertz CT molecular complexity index is 1050. The van der Waals surface area contributed by atoms with Crippen LogP contribution in [0.15, 0.2) is 22.4 Å². The minimum absolute atomic E-state index is 0.318. The van der Waals surface area contributed by atoms with Crippen LogP contribution >= 0.6 is 11.3 Å². The summed E-state index contributed by atoms with van der Waals surface area (Å²) in [6.45, 7) is 7.02. The fraction of sp³-hybridized carbons (Fsp3) is 0.571. The highest BCUT2D eigenvalue weighted by atomic mass is 32.2. The smallest absolute Gasteiger partial charge is 0.408 e. The summed E-state index contributed by atoms with van der Waals surface area (Å²) in [6, 6.07) is 4.35. The van der Waals surface area contributed by atoms with Crippen LogP contribution in [0.25, 0.3) is 0 Å². The van der Waals surface area contributed by atoms with Crippen LogP contribution < -0.4 is 9.47 Å². The molecule has 162 valence electrons. The van der Waals surface area contributed by atoms with E-state index in [1.165, 1.54) is 29.7 Å². The van der Waals surface area contributed by atoms with Gasteiger partial charge in [0.1, 0.15) is 11.4 Å². The van der Waals surface area contributed by atoms with E-state index in [-0.39, 0.29) is 5.75 Å². The van der Waals surface area contributed by atoms with E-state index in [0.717, 1.165) is 47.3 Å². The molecule has 0 atom stereocenters. The van der Waals surface area contributed by atoms with E-state index in [1.54, 1.807) is 11.3 Å². The lowest BCUT2D eigenvalue weighted by atomic mass is 9.91. The van der Waals surface area contributed by atoms with Crippen LogP contribution in [-0.2, 0) is 29.5 Å². The van der Waals surface area contributed by atoms with Gasteiger partial charge >= 0.3 is 5.13 Å². The van der Waals surface area contributed by atoms with Gasteiger partial charge in [-0.25, -0.2) is 13.0 Å². The first-order valence-corrected chi connectivity index (χ1v) is 13.0. The molecule has 2 aliphatic heterocycles. The summed E-state index contributed by atoms with van der Waals surface area (Å²) >= 11 is 1.59. The van der Waals surface area contributed by atoms with Crippen molar-refractivity contribution >= 4 is 38.0 Å². The van der Waals surface area contributed by atoms with E-state index in [2.05, 4.69) is 38.8 Å². The lowest BCUT2D eigenvalue weighted by molar-refractivity contribution is -0.686. The van der Waals surface area contributed by atoms with Gasteiger partial charge in [-0.2, -0.15) is 0 Å². The summed E-state index contributed by atoms with van der Waals surface area (Å²) in [5, 5.41) is 9.94. The van der Waals surface area contributed by atoms with Crippen molar-refractivity contribution in [1.29, 1.82) is 0 Å². The molecular formula is C21H28N4O3S2. The molecule has 0 radical (unpaired) electrons. The largest absolute Gasteiger partial charge is 0.748 e. The van der Waals surface area contributed by atoms with E-state index in [0.29, 0.717) is 19.4 Å². The van der Waals surface area contributed by atoms with Gasteiger partial charge in [-0.15, -0.1) is 0 Å². The van der Waals surface area contributed by atoms with Crippen molar-refractivity contribution in [2.75, 3.05) is 23.7 Å². The van der Waals surface area contributed by atoms with E-state index in [1.807, 2.05) is 6.92 Å². The maximum atomic E-state index is 10.8. The Morgan fingerprint density at radius 3 is 2.40 bits per heavy atom. The molecular weight excluding hydrogens is 420 g/mol. The molecule has 0 N–H and O–H groups in total. The van der Waals surface area contributed by atoms with E-state index >= 15 is 0 Å². The maximum Gasteiger partial charge on any atom is 0.408 e. The lowest BCUT2D eigenvalue weighted by Crippen LogP contribution is -2.35. The average molecular weight is 449 g/mol. The summed E-state index contributed by atoms with van der Waals surface area (Å²) in [7, 11) is -4.16. The van der Waals surface area contributed by atoms with Crippen LogP contribution in [-0.4, -0.2) is 31.8 Å². The Kier molecular flexibility index (Phi) is 6.22. The van der Waals surface area contributed by atoms with Crippen LogP contribution in [0, 0.1) is 13.8 Å². The molecule has 1 aromatic heterocycles. The topological polar surface area (TPSA) is 89.0 Å². The van der Waals surface area contributed by atoms with Crippen LogP contribution in [0.5, 0.6) is 0 Å². The van der Waals surface area contributed by atoms with Crippen molar-refractivity contribution in [3.05, 3.63) is 33.8 Å². The highest BCUT2D eigenvalue weighted by Crippen LogP contribution is 2.38. The number of azo groups is 1. The average Bonchev–Trinajstić information content (AvgIpc) is 2.97. The molecule has 3 heterocycles. The van der Waals surface area contributed by atoms with Gasteiger partial charge in [-0.3, -0.25) is 0 Å². The van der Waals surface area contributed by atoms with Gasteiger partial charge in [0.05, 0.1) is 26.7 Å². The number of rotatable bonds is 7. The van der Waals surface area contributed by atoms with Crippen molar-refractivity contribution < 1.29 is 17.5 Å². The molecule has 0 spiro atoms. The number of hydrogen-bond acceptors (Lipinski definition) is 7. The summed E-state index contributed by atoms with van der Waals surface area (Å²) in [4.78, 5) is 3.68. The first-order valence-electron chi connectivity index (χ1n) is 10.6. The van der Waals surface area contributed by atoms with Gasteiger partial charge < -0.3 is 9.45 Å². The summed E-state index contributed by atoms with van der Waals surface area (Å²) in [6.07, 6.45) is 5.55. The molecule has 0 bridgehead atoms. The molecule has 0 amide bonds. The fourth-order valence-corrected chi connectivity index (χ4v) is 5.94. The number of anilines is 1. The van der Waals surface area contributed by atoms with Gasteiger partial charge in [0.25, 0.3) is 0 Å². The zero-order valence-electron chi connectivity index (χ0n) is 17.6. The molecule has 2 aliphatic rings. The van der Waals surface area contributed by atoms with E-state index < -0.39 is 10.1 Å². The highest BCUT2D eigenvalue weighted by molar-refractivity contribution is 7.85. The monoisotopic (exact) mass is 448 g/mol. The first kappa shape index (κ1) is 21.4. The molecule has 30 heavy (non-hydrogen) atoms. The van der Waals surface area contributed by atoms with Crippen molar-refractivity contribution in [2.45, 2.75) is 58.9 Å². The normalized spacial score (nSPS) is 16.3. The third-order valence-electron chi connectivity index (χ3n) is 5.98. The van der Waals surface area contributed by atoms with Crippen LogP contribution in [0.4, 0.5) is 16.5 Å². The van der Waals surface area contributed by atoms with Crippen LogP contribution in [0.2, 0.25) is 0 Å². The molecule has 4 rings (SSSR count). The Morgan fingerprint density at radius 1 is 1.10 bits per heavy atom. The zero-order valence-corrected chi connectivity index (χ0v) is 19.2. The third-order valence-corrected chi connectivity index (χ3v) is 7.86. The van der Waals surface area contributed by atoms with Crippen molar-refractivity contribution in [1.82, 2.24) is 0 Å².